The Bertz CT molecular complexity index is 728. The summed E-state index contributed by atoms with van der Waals surface area (Å²) >= 11 is 0. The number of ether oxygens (including phenoxy) is 1. The van der Waals surface area contributed by atoms with Gasteiger partial charge in [-0.05, 0) is 31.9 Å². The second-order valence-electron chi connectivity index (χ2n) is 6.17. The molecule has 9 heteroatoms. The van der Waals surface area contributed by atoms with E-state index in [9.17, 15) is 18.5 Å². The van der Waals surface area contributed by atoms with Crippen molar-refractivity contribution in [2.24, 2.45) is 0 Å². The van der Waals surface area contributed by atoms with E-state index in [0.29, 0.717) is 38.5 Å². The van der Waals surface area contributed by atoms with Crippen molar-refractivity contribution in [2.75, 3.05) is 37.7 Å². The predicted octanol–water partition coefficient (Wildman–Crippen LogP) is 2.63. The van der Waals surface area contributed by atoms with E-state index in [4.69, 9.17) is 4.74 Å². The van der Waals surface area contributed by atoms with E-state index >= 15 is 0 Å². The highest BCUT2D eigenvalue weighted by atomic mass is 32.2. The van der Waals surface area contributed by atoms with Crippen molar-refractivity contribution in [3.8, 4) is 0 Å². The smallest absolute Gasteiger partial charge is 0.293 e. The number of sulfonamides is 1. The number of benzene rings is 1. The van der Waals surface area contributed by atoms with Crippen LogP contribution >= 0.6 is 0 Å². The Balaban J connectivity index is 2.40. The van der Waals surface area contributed by atoms with Gasteiger partial charge in [-0.15, -0.1) is 0 Å². The molecule has 2 rings (SSSR count). The van der Waals surface area contributed by atoms with Gasteiger partial charge in [-0.2, -0.15) is 4.31 Å². The van der Waals surface area contributed by atoms with Crippen LogP contribution in [0.5, 0.6) is 0 Å². The molecule has 8 nitrogen and oxygen atoms in total. The van der Waals surface area contributed by atoms with Gasteiger partial charge in [0, 0.05) is 38.9 Å². The molecule has 0 saturated carbocycles. The summed E-state index contributed by atoms with van der Waals surface area (Å²) in [6.45, 7) is 7.87. The lowest BCUT2D eigenvalue weighted by Gasteiger charge is -2.26. The first-order valence-corrected chi connectivity index (χ1v) is 10.4. The van der Waals surface area contributed by atoms with Crippen molar-refractivity contribution < 1.29 is 18.1 Å². The largest absolute Gasteiger partial charge is 0.376 e. The fourth-order valence-corrected chi connectivity index (χ4v) is 4.70. The van der Waals surface area contributed by atoms with Crippen LogP contribution in [0.2, 0.25) is 0 Å². The van der Waals surface area contributed by atoms with Crippen LogP contribution in [0.25, 0.3) is 0 Å². The number of nitro benzene ring substituents is 1. The Hall–Kier alpha value is -1.71. The number of nitrogens with zero attached hydrogens (tertiary/aromatic N) is 3. The minimum atomic E-state index is -3.74. The molecule has 1 aliphatic rings. The lowest BCUT2D eigenvalue weighted by molar-refractivity contribution is -0.384. The van der Waals surface area contributed by atoms with Crippen LogP contribution in [0, 0.1) is 10.1 Å². The first kappa shape index (κ1) is 20.6. The fourth-order valence-electron chi connectivity index (χ4n) is 3.22. The van der Waals surface area contributed by atoms with Crippen molar-refractivity contribution >= 4 is 21.4 Å². The Morgan fingerprint density at radius 3 is 2.42 bits per heavy atom. The molecule has 1 unspecified atom stereocenters. The first-order chi connectivity index (χ1) is 12.3. The number of likely N-dealkylation sites (N-methyl/N-ethyl adjacent to an activating group) is 1. The Morgan fingerprint density at radius 1 is 1.23 bits per heavy atom. The summed E-state index contributed by atoms with van der Waals surface area (Å²) in [5.41, 5.74) is 0.226. The molecular formula is C17H27N3O5S. The Labute approximate surface area is 154 Å². The first-order valence-electron chi connectivity index (χ1n) is 9.00. The molecule has 1 saturated heterocycles. The van der Waals surface area contributed by atoms with Crippen LogP contribution in [-0.2, 0) is 14.8 Å². The van der Waals surface area contributed by atoms with Gasteiger partial charge in [0.15, 0.2) is 0 Å². The van der Waals surface area contributed by atoms with Gasteiger partial charge >= 0.3 is 0 Å². The maximum atomic E-state index is 12.7. The molecule has 0 aromatic heterocycles. The maximum absolute atomic E-state index is 12.7. The van der Waals surface area contributed by atoms with E-state index in [-0.39, 0.29) is 16.7 Å². The summed E-state index contributed by atoms with van der Waals surface area (Å²) in [5, 5.41) is 11.6. The van der Waals surface area contributed by atoms with Crippen molar-refractivity contribution in [1.29, 1.82) is 0 Å². The van der Waals surface area contributed by atoms with Gasteiger partial charge < -0.3 is 9.64 Å². The second-order valence-corrected chi connectivity index (χ2v) is 8.11. The molecule has 1 aromatic carbocycles. The van der Waals surface area contributed by atoms with Crippen molar-refractivity contribution in [2.45, 2.75) is 44.6 Å². The fraction of sp³-hybridized carbons (Fsp3) is 0.647. The molecular weight excluding hydrogens is 358 g/mol. The maximum Gasteiger partial charge on any atom is 0.293 e. The van der Waals surface area contributed by atoms with Crippen LogP contribution in [0.3, 0.4) is 0 Å². The van der Waals surface area contributed by atoms with Crippen molar-refractivity contribution in [3.63, 3.8) is 0 Å². The van der Waals surface area contributed by atoms with Gasteiger partial charge in [-0.3, -0.25) is 10.1 Å². The van der Waals surface area contributed by atoms with Crippen LogP contribution in [-0.4, -0.2) is 56.5 Å². The third kappa shape index (κ3) is 4.33. The Kier molecular flexibility index (Phi) is 6.96. The molecule has 1 aliphatic heterocycles. The zero-order valence-electron chi connectivity index (χ0n) is 15.6. The van der Waals surface area contributed by atoms with Gasteiger partial charge in [0.25, 0.3) is 5.69 Å². The van der Waals surface area contributed by atoms with E-state index in [0.717, 1.165) is 12.8 Å². The van der Waals surface area contributed by atoms with Crippen molar-refractivity contribution in [1.82, 2.24) is 4.31 Å². The third-order valence-corrected chi connectivity index (χ3v) is 6.70. The van der Waals surface area contributed by atoms with Crippen LogP contribution in [0.15, 0.2) is 23.1 Å². The van der Waals surface area contributed by atoms with Gasteiger partial charge in [0.2, 0.25) is 10.0 Å². The summed E-state index contributed by atoms with van der Waals surface area (Å²) in [4.78, 5) is 12.9. The molecule has 146 valence electrons. The van der Waals surface area contributed by atoms with Crippen molar-refractivity contribution in [3.05, 3.63) is 28.3 Å². The molecule has 26 heavy (non-hydrogen) atoms. The SMILES string of the molecule is CCN(CC1CCCO1)c1ccc(S(=O)(=O)N(CC)CC)cc1[N+](=O)[O-]. The van der Waals surface area contributed by atoms with Crippen LogP contribution in [0.1, 0.15) is 33.6 Å². The highest BCUT2D eigenvalue weighted by Crippen LogP contribution is 2.32. The highest BCUT2D eigenvalue weighted by Gasteiger charge is 2.28. The van der Waals surface area contributed by atoms with Crippen LogP contribution in [0.4, 0.5) is 11.4 Å². The average Bonchev–Trinajstić information content (AvgIpc) is 3.13. The highest BCUT2D eigenvalue weighted by molar-refractivity contribution is 7.89. The number of anilines is 1. The molecule has 0 amide bonds. The van der Waals surface area contributed by atoms with E-state index < -0.39 is 14.9 Å². The predicted molar refractivity (Wildman–Crippen MR) is 100 cm³/mol. The number of nitro groups is 1. The summed E-state index contributed by atoms with van der Waals surface area (Å²) in [6, 6.07) is 4.16. The molecule has 1 heterocycles. The molecule has 0 aliphatic carbocycles. The van der Waals surface area contributed by atoms with E-state index in [1.807, 2.05) is 11.8 Å². The molecule has 1 aromatic rings. The normalized spacial score (nSPS) is 17.6. The third-order valence-electron chi connectivity index (χ3n) is 4.66. The second kappa shape index (κ2) is 8.79. The number of hydrogen-bond acceptors (Lipinski definition) is 6. The molecule has 0 spiro atoms. The summed E-state index contributed by atoms with van der Waals surface area (Å²) in [7, 11) is -3.74. The molecule has 1 atom stereocenters. The molecule has 0 N–H and O–H groups in total. The summed E-state index contributed by atoms with van der Waals surface area (Å²) in [5.74, 6) is 0. The minimum Gasteiger partial charge on any atom is -0.376 e. The topological polar surface area (TPSA) is 93.0 Å². The van der Waals surface area contributed by atoms with Gasteiger partial charge in [0.05, 0.1) is 15.9 Å². The van der Waals surface area contributed by atoms with Gasteiger partial charge in [-0.1, -0.05) is 13.8 Å². The van der Waals surface area contributed by atoms with E-state index in [2.05, 4.69) is 0 Å². The van der Waals surface area contributed by atoms with Gasteiger partial charge in [0.1, 0.15) is 5.69 Å². The van der Waals surface area contributed by atoms with Crippen LogP contribution < -0.4 is 4.90 Å². The number of rotatable bonds is 9. The lowest BCUT2D eigenvalue weighted by Crippen LogP contribution is -2.33. The number of hydrogen-bond donors (Lipinski definition) is 0. The van der Waals surface area contributed by atoms with E-state index in [1.165, 1.54) is 22.5 Å². The Morgan fingerprint density at radius 2 is 1.92 bits per heavy atom. The monoisotopic (exact) mass is 385 g/mol. The lowest BCUT2D eigenvalue weighted by atomic mass is 10.2. The zero-order valence-corrected chi connectivity index (χ0v) is 16.4. The van der Waals surface area contributed by atoms with E-state index in [1.54, 1.807) is 13.8 Å². The quantitative estimate of drug-likeness (QED) is 0.479. The summed E-state index contributed by atoms with van der Waals surface area (Å²) < 4.78 is 32.3. The zero-order chi connectivity index (χ0) is 19.3. The summed E-state index contributed by atoms with van der Waals surface area (Å²) in [6.07, 6.45) is 1.97. The standard InChI is InChI=1S/C17H27N3O5S/c1-4-18(13-14-8-7-11-25-14)16-10-9-15(12-17(16)20(21)22)26(23,24)19(5-2)6-3/h9-10,12,14H,4-8,11,13H2,1-3H3. The molecule has 0 bridgehead atoms. The average molecular weight is 385 g/mol. The molecule has 0 radical (unpaired) electrons. The minimum absolute atomic E-state index is 0.0497. The van der Waals surface area contributed by atoms with Gasteiger partial charge in [-0.25, -0.2) is 8.42 Å². The molecule has 1 fully saturated rings.